The van der Waals surface area contributed by atoms with Gasteiger partial charge in [0.2, 0.25) is 0 Å². The number of nitrogens with zero attached hydrogens (tertiary/aromatic N) is 3. The zero-order chi connectivity index (χ0) is 13.7. The van der Waals surface area contributed by atoms with Crippen molar-refractivity contribution in [2.24, 2.45) is 5.92 Å². The molecule has 0 saturated carbocycles. The van der Waals surface area contributed by atoms with Crippen LogP contribution in [-0.2, 0) is 4.74 Å². The van der Waals surface area contributed by atoms with Gasteiger partial charge in [-0.2, -0.15) is 0 Å². The highest BCUT2D eigenvalue weighted by Crippen LogP contribution is 2.14. The molecule has 0 spiro atoms. The van der Waals surface area contributed by atoms with E-state index in [1.807, 2.05) is 19.1 Å². The number of ether oxygens (including phenoxy) is 1. The number of aromatic nitrogens is 3. The molecule has 1 unspecified atom stereocenters. The summed E-state index contributed by atoms with van der Waals surface area (Å²) in [5.74, 6) is 1.28. The van der Waals surface area contributed by atoms with Gasteiger partial charge in [0.05, 0.1) is 12.6 Å². The molecule has 5 nitrogen and oxygen atoms in total. The molecule has 1 N–H and O–H groups in total. The first-order valence-corrected chi connectivity index (χ1v) is 6.62. The second-order valence-electron chi connectivity index (χ2n) is 4.75. The van der Waals surface area contributed by atoms with Crippen LogP contribution in [0.1, 0.15) is 20.8 Å². The molecule has 0 radical (unpaired) electrons. The molecule has 2 aromatic rings. The third-order valence-corrected chi connectivity index (χ3v) is 2.97. The number of anilines is 1. The lowest BCUT2D eigenvalue weighted by Crippen LogP contribution is -2.31. The van der Waals surface area contributed by atoms with Gasteiger partial charge < -0.3 is 10.1 Å². The van der Waals surface area contributed by atoms with Crippen LogP contribution in [0.15, 0.2) is 24.5 Å². The molecule has 5 heteroatoms. The SMILES string of the molecule is CCOCC(Nc1ccc2nccnc2n1)C(C)C. The number of pyridine rings is 1. The smallest absolute Gasteiger partial charge is 0.180 e. The normalized spacial score (nSPS) is 12.8. The molecule has 2 aromatic heterocycles. The highest BCUT2D eigenvalue weighted by molar-refractivity contribution is 5.71. The largest absolute Gasteiger partial charge is 0.380 e. The van der Waals surface area contributed by atoms with E-state index in [1.54, 1.807) is 12.4 Å². The number of nitrogens with one attached hydrogen (secondary N) is 1. The molecule has 0 fully saturated rings. The van der Waals surface area contributed by atoms with Gasteiger partial charge >= 0.3 is 0 Å². The van der Waals surface area contributed by atoms with Crippen LogP contribution in [0.25, 0.3) is 11.2 Å². The van der Waals surface area contributed by atoms with Gasteiger partial charge in [0.15, 0.2) is 5.65 Å². The van der Waals surface area contributed by atoms with E-state index in [-0.39, 0.29) is 6.04 Å². The highest BCUT2D eigenvalue weighted by atomic mass is 16.5. The Labute approximate surface area is 113 Å². The topological polar surface area (TPSA) is 59.9 Å². The fourth-order valence-electron chi connectivity index (χ4n) is 1.77. The van der Waals surface area contributed by atoms with Crippen LogP contribution in [0.3, 0.4) is 0 Å². The quantitative estimate of drug-likeness (QED) is 0.864. The van der Waals surface area contributed by atoms with Crippen molar-refractivity contribution in [3.63, 3.8) is 0 Å². The first-order chi connectivity index (χ1) is 9.20. The van der Waals surface area contributed by atoms with Crippen LogP contribution >= 0.6 is 0 Å². The van der Waals surface area contributed by atoms with Gasteiger partial charge in [0.25, 0.3) is 0 Å². The van der Waals surface area contributed by atoms with E-state index in [0.717, 1.165) is 17.9 Å². The van der Waals surface area contributed by atoms with Crippen LogP contribution in [0.5, 0.6) is 0 Å². The fourth-order valence-corrected chi connectivity index (χ4v) is 1.77. The summed E-state index contributed by atoms with van der Waals surface area (Å²) in [7, 11) is 0. The summed E-state index contributed by atoms with van der Waals surface area (Å²) >= 11 is 0. The average Bonchev–Trinajstić information content (AvgIpc) is 2.43. The lowest BCUT2D eigenvalue weighted by atomic mass is 10.1. The van der Waals surface area contributed by atoms with Crippen LogP contribution in [0, 0.1) is 5.92 Å². The van der Waals surface area contributed by atoms with Crippen molar-refractivity contribution in [1.82, 2.24) is 15.0 Å². The van der Waals surface area contributed by atoms with Gasteiger partial charge in [-0.05, 0) is 25.0 Å². The standard InChI is InChI=1S/C14H20N4O/c1-4-19-9-12(10(2)3)17-13-6-5-11-14(18-13)16-8-7-15-11/h5-8,10,12H,4,9H2,1-3H3,(H,16,17,18). The summed E-state index contributed by atoms with van der Waals surface area (Å²) in [4.78, 5) is 12.9. The second kappa shape index (κ2) is 6.43. The molecule has 0 aliphatic carbocycles. The van der Waals surface area contributed by atoms with Crippen molar-refractivity contribution in [3.8, 4) is 0 Å². The summed E-state index contributed by atoms with van der Waals surface area (Å²) in [6, 6.07) is 4.09. The van der Waals surface area contributed by atoms with Crippen molar-refractivity contribution in [1.29, 1.82) is 0 Å². The van der Waals surface area contributed by atoms with E-state index >= 15 is 0 Å². The zero-order valence-electron chi connectivity index (χ0n) is 11.6. The van der Waals surface area contributed by atoms with E-state index in [2.05, 4.69) is 34.1 Å². The Morgan fingerprint density at radius 1 is 1.21 bits per heavy atom. The fraction of sp³-hybridized carbons (Fsp3) is 0.500. The molecule has 0 aromatic carbocycles. The highest BCUT2D eigenvalue weighted by Gasteiger charge is 2.14. The van der Waals surface area contributed by atoms with E-state index in [1.165, 1.54) is 0 Å². The van der Waals surface area contributed by atoms with Crippen LogP contribution in [0.4, 0.5) is 5.82 Å². The molecule has 0 saturated heterocycles. The molecule has 0 aliphatic heterocycles. The maximum absolute atomic E-state index is 5.50. The van der Waals surface area contributed by atoms with Crippen LogP contribution in [0.2, 0.25) is 0 Å². The molecule has 0 bridgehead atoms. The van der Waals surface area contributed by atoms with E-state index < -0.39 is 0 Å². The van der Waals surface area contributed by atoms with Crippen molar-refractivity contribution < 1.29 is 4.74 Å². The van der Waals surface area contributed by atoms with Crippen molar-refractivity contribution in [2.45, 2.75) is 26.8 Å². The van der Waals surface area contributed by atoms with E-state index in [9.17, 15) is 0 Å². The molecular weight excluding hydrogens is 240 g/mol. The summed E-state index contributed by atoms with van der Waals surface area (Å²) in [5, 5.41) is 3.40. The van der Waals surface area contributed by atoms with Gasteiger partial charge in [-0.25, -0.2) is 9.97 Å². The summed E-state index contributed by atoms with van der Waals surface area (Å²) in [5.41, 5.74) is 1.46. The summed E-state index contributed by atoms with van der Waals surface area (Å²) in [6.07, 6.45) is 3.32. The number of fused-ring (bicyclic) bond motifs is 1. The summed E-state index contributed by atoms with van der Waals surface area (Å²) in [6.45, 7) is 7.73. The Morgan fingerprint density at radius 3 is 2.74 bits per heavy atom. The monoisotopic (exact) mass is 260 g/mol. The molecule has 102 valence electrons. The van der Waals surface area contributed by atoms with E-state index in [0.29, 0.717) is 18.2 Å². The van der Waals surface area contributed by atoms with Gasteiger partial charge in [-0.3, -0.25) is 4.98 Å². The third kappa shape index (κ3) is 3.61. The number of hydrogen-bond donors (Lipinski definition) is 1. The Morgan fingerprint density at radius 2 is 2.00 bits per heavy atom. The molecule has 2 rings (SSSR count). The van der Waals surface area contributed by atoms with Gasteiger partial charge in [-0.15, -0.1) is 0 Å². The number of rotatable bonds is 6. The van der Waals surface area contributed by atoms with Gasteiger partial charge in [-0.1, -0.05) is 13.8 Å². The molecular formula is C14H20N4O. The third-order valence-electron chi connectivity index (χ3n) is 2.97. The predicted octanol–water partition coefficient (Wildman–Crippen LogP) is 2.50. The maximum Gasteiger partial charge on any atom is 0.180 e. The zero-order valence-corrected chi connectivity index (χ0v) is 11.6. The second-order valence-corrected chi connectivity index (χ2v) is 4.75. The predicted molar refractivity (Wildman–Crippen MR) is 76.1 cm³/mol. The summed E-state index contributed by atoms with van der Waals surface area (Å²) < 4.78 is 5.50. The molecule has 0 amide bonds. The number of hydrogen-bond acceptors (Lipinski definition) is 5. The molecule has 0 aliphatic rings. The Kier molecular flexibility index (Phi) is 4.63. The minimum absolute atomic E-state index is 0.238. The minimum Gasteiger partial charge on any atom is -0.380 e. The van der Waals surface area contributed by atoms with Gasteiger partial charge in [0.1, 0.15) is 11.3 Å². The van der Waals surface area contributed by atoms with E-state index in [4.69, 9.17) is 4.74 Å². The van der Waals surface area contributed by atoms with Crippen molar-refractivity contribution >= 4 is 17.0 Å². The Bertz CT molecular complexity index is 530. The lowest BCUT2D eigenvalue weighted by molar-refractivity contribution is 0.126. The first kappa shape index (κ1) is 13.7. The van der Waals surface area contributed by atoms with Crippen molar-refractivity contribution in [3.05, 3.63) is 24.5 Å². The molecule has 2 heterocycles. The molecule has 1 atom stereocenters. The molecule has 19 heavy (non-hydrogen) atoms. The van der Waals surface area contributed by atoms with Crippen molar-refractivity contribution in [2.75, 3.05) is 18.5 Å². The van der Waals surface area contributed by atoms with Gasteiger partial charge in [0, 0.05) is 19.0 Å². The Balaban J connectivity index is 2.14. The van der Waals surface area contributed by atoms with Crippen LogP contribution < -0.4 is 5.32 Å². The minimum atomic E-state index is 0.238. The lowest BCUT2D eigenvalue weighted by Gasteiger charge is -2.22. The van der Waals surface area contributed by atoms with Crippen LogP contribution in [-0.4, -0.2) is 34.2 Å². The average molecular weight is 260 g/mol. The Hall–Kier alpha value is -1.75. The first-order valence-electron chi connectivity index (χ1n) is 6.62. The maximum atomic E-state index is 5.50.